The predicted molar refractivity (Wildman–Crippen MR) is 42.9 cm³/mol. The van der Waals surface area contributed by atoms with Crippen molar-refractivity contribution in [1.82, 2.24) is 4.72 Å². The maximum atomic E-state index is 9.96. The van der Waals surface area contributed by atoms with Crippen molar-refractivity contribution in [1.29, 1.82) is 0 Å². The van der Waals surface area contributed by atoms with Gasteiger partial charge in [-0.1, -0.05) is 18.0 Å². The Balaban J connectivity index is 2.90. The Morgan fingerprint density at radius 2 is 2.50 bits per heavy atom. The molecule has 0 aromatic heterocycles. The lowest BCUT2D eigenvalue weighted by Gasteiger charge is -1.97. The van der Waals surface area contributed by atoms with Crippen molar-refractivity contribution in [3.63, 3.8) is 0 Å². The molecule has 0 rings (SSSR count). The highest BCUT2D eigenvalue weighted by Gasteiger charge is 1.93. The summed E-state index contributed by atoms with van der Waals surface area (Å²) < 4.78 is 2.88. The van der Waals surface area contributed by atoms with E-state index in [1.807, 2.05) is 0 Å². The first-order chi connectivity index (χ1) is 4.77. The van der Waals surface area contributed by atoms with Crippen molar-refractivity contribution < 1.29 is 9.90 Å². The summed E-state index contributed by atoms with van der Waals surface area (Å²) in [5.74, 6) is 0.0336. The van der Waals surface area contributed by atoms with Gasteiger partial charge in [-0.3, -0.25) is 9.52 Å². The van der Waals surface area contributed by atoms with Crippen LogP contribution in [0.4, 0.5) is 0 Å². The van der Waals surface area contributed by atoms with Gasteiger partial charge in [0.05, 0.1) is 6.42 Å². The van der Waals surface area contributed by atoms with Gasteiger partial charge in [0, 0.05) is 12.3 Å². The number of hydrogen-bond acceptors (Lipinski definition) is 3. The Hall–Kier alpha value is -0.480. The molecule has 0 heterocycles. The summed E-state index contributed by atoms with van der Waals surface area (Å²) in [5.41, 5.74) is 0. The van der Waals surface area contributed by atoms with E-state index in [4.69, 9.17) is 5.11 Å². The van der Waals surface area contributed by atoms with Gasteiger partial charge in [0.2, 0.25) is 0 Å². The topological polar surface area (TPSA) is 49.3 Å². The minimum absolute atomic E-state index is 0.171. The van der Waals surface area contributed by atoms with E-state index in [-0.39, 0.29) is 6.42 Å². The number of carbonyl (C=O) groups is 1. The molecule has 2 N–H and O–H groups in total. The quantitative estimate of drug-likeness (QED) is 0.345. The molecule has 0 aliphatic rings. The number of hydrogen-bond donors (Lipinski definition) is 2. The first-order valence-corrected chi connectivity index (χ1v) is 3.93. The maximum absolute atomic E-state index is 9.96. The van der Waals surface area contributed by atoms with Crippen LogP contribution in [0.2, 0.25) is 0 Å². The molecule has 0 saturated heterocycles. The van der Waals surface area contributed by atoms with Crippen LogP contribution in [0.5, 0.6) is 0 Å². The molecule has 4 heteroatoms. The van der Waals surface area contributed by atoms with Crippen LogP contribution in [0.1, 0.15) is 6.42 Å². The minimum Gasteiger partial charge on any atom is -0.481 e. The van der Waals surface area contributed by atoms with Crippen LogP contribution in [0.3, 0.4) is 0 Å². The normalized spacial score (nSPS) is 9.20. The highest BCUT2D eigenvalue weighted by molar-refractivity contribution is 7.97. The summed E-state index contributed by atoms with van der Waals surface area (Å²) in [7, 11) is 0. The summed E-state index contributed by atoms with van der Waals surface area (Å²) in [4.78, 5) is 9.96. The minimum atomic E-state index is -0.772. The van der Waals surface area contributed by atoms with Gasteiger partial charge in [-0.2, -0.15) is 0 Å². The molecule has 0 aromatic rings. The van der Waals surface area contributed by atoms with E-state index in [0.717, 1.165) is 5.75 Å². The van der Waals surface area contributed by atoms with Crippen molar-refractivity contribution in [3.8, 4) is 0 Å². The smallest absolute Gasteiger partial charge is 0.304 e. The number of nitrogens with one attached hydrogen (secondary N) is 1. The van der Waals surface area contributed by atoms with E-state index in [0.29, 0.717) is 6.54 Å². The zero-order chi connectivity index (χ0) is 7.82. The lowest BCUT2D eigenvalue weighted by Crippen LogP contribution is -2.10. The van der Waals surface area contributed by atoms with Crippen molar-refractivity contribution in [2.45, 2.75) is 6.42 Å². The van der Waals surface area contributed by atoms with E-state index in [9.17, 15) is 4.79 Å². The third kappa shape index (κ3) is 7.52. The van der Waals surface area contributed by atoms with Crippen molar-refractivity contribution in [3.05, 3.63) is 12.7 Å². The fraction of sp³-hybridized carbons (Fsp3) is 0.500. The second-order valence-electron chi connectivity index (χ2n) is 1.64. The molecular formula is C6H11NO2S. The molecular weight excluding hydrogens is 150 g/mol. The summed E-state index contributed by atoms with van der Waals surface area (Å²) in [6.45, 7) is 4.02. The first kappa shape index (κ1) is 9.52. The second-order valence-corrected chi connectivity index (χ2v) is 2.55. The van der Waals surface area contributed by atoms with E-state index < -0.39 is 5.97 Å². The fourth-order valence-corrected chi connectivity index (χ4v) is 0.830. The molecule has 0 aromatic carbocycles. The Kier molecular flexibility index (Phi) is 6.32. The number of rotatable bonds is 6. The molecule has 0 spiro atoms. The van der Waals surface area contributed by atoms with Crippen LogP contribution in [0.25, 0.3) is 0 Å². The van der Waals surface area contributed by atoms with Gasteiger partial charge in [0.25, 0.3) is 0 Å². The van der Waals surface area contributed by atoms with Gasteiger partial charge in [-0.25, -0.2) is 0 Å². The number of carboxylic acids is 1. The van der Waals surface area contributed by atoms with Gasteiger partial charge in [0.1, 0.15) is 0 Å². The molecule has 0 aliphatic carbocycles. The molecule has 0 amide bonds. The standard InChI is InChI=1S/C6H11NO2S/c1-2-5-10-7-4-3-6(8)9/h2,7H,1,3-5H2,(H,8,9). The van der Waals surface area contributed by atoms with Crippen molar-refractivity contribution >= 4 is 17.9 Å². The SMILES string of the molecule is C=CCSNCCC(=O)O. The molecule has 3 nitrogen and oxygen atoms in total. The second kappa shape index (κ2) is 6.64. The highest BCUT2D eigenvalue weighted by atomic mass is 32.2. The van der Waals surface area contributed by atoms with E-state index in [1.165, 1.54) is 11.9 Å². The molecule has 0 atom stereocenters. The number of aliphatic carboxylic acids is 1. The summed E-state index contributed by atoms with van der Waals surface area (Å²) in [6.07, 6.45) is 1.93. The van der Waals surface area contributed by atoms with Crippen LogP contribution >= 0.6 is 11.9 Å². The third-order valence-electron chi connectivity index (χ3n) is 0.744. The Bertz CT molecular complexity index is 116. The van der Waals surface area contributed by atoms with Gasteiger partial charge in [-0.15, -0.1) is 6.58 Å². The Morgan fingerprint density at radius 3 is 3.00 bits per heavy atom. The molecule has 0 bridgehead atoms. The van der Waals surface area contributed by atoms with E-state index >= 15 is 0 Å². The van der Waals surface area contributed by atoms with Crippen molar-refractivity contribution in [2.24, 2.45) is 0 Å². The van der Waals surface area contributed by atoms with Gasteiger partial charge < -0.3 is 5.11 Å². The average molecular weight is 161 g/mol. The number of carboxylic acid groups (broad SMARTS) is 1. The van der Waals surface area contributed by atoms with Crippen LogP contribution in [0, 0.1) is 0 Å². The van der Waals surface area contributed by atoms with Gasteiger partial charge in [0.15, 0.2) is 0 Å². The Labute approximate surface area is 64.6 Å². The van der Waals surface area contributed by atoms with Crippen LogP contribution in [0.15, 0.2) is 12.7 Å². The summed E-state index contributed by atoms with van der Waals surface area (Å²) >= 11 is 1.46. The lowest BCUT2D eigenvalue weighted by atomic mass is 10.5. The zero-order valence-electron chi connectivity index (χ0n) is 5.67. The van der Waals surface area contributed by atoms with Crippen LogP contribution < -0.4 is 4.72 Å². The fourth-order valence-electron chi connectivity index (χ4n) is 0.348. The lowest BCUT2D eigenvalue weighted by molar-refractivity contribution is -0.136. The monoisotopic (exact) mass is 161 g/mol. The van der Waals surface area contributed by atoms with Crippen LogP contribution in [-0.4, -0.2) is 23.4 Å². The largest absolute Gasteiger partial charge is 0.481 e. The molecule has 58 valence electrons. The van der Waals surface area contributed by atoms with Gasteiger partial charge >= 0.3 is 5.97 Å². The molecule has 0 saturated carbocycles. The Morgan fingerprint density at radius 1 is 1.80 bits per heavy atom. The highest BCUT2D eigenvalue weighted by Crippen LogP contribution is 1.91. The first-order valence-electron chi connectivity index (χ1n) is 2.94. The molecule has 10 heavy (non-hydrogen) atoms. The predicted octanol–water partition coefficient (Wildman–Crippen LogP) is 0.885. The van der Waals surface area contributed by atoms with Crippen LogP contribution in [-0.2, 0) is 4.79 Å². The van der Waals surface area contributed by atoms with Gasteiger partial charge in [-0.05, 0) is 0 Å². The molecule has 0 aliphatic heterocycles. The third-order valence-corrected chi connectivity index (χ3v) is 1.55. The van der Waals surface area contributed by atoms with E-state index in [2.05, 4.69) is 11.3 Å². The van der Waals surface area contributed by atoms with Crippen molar-refractivity contribution in [2.75, 3.05) is 12.3 Å². The zero-order valence-corrected chi connectivity index (χ0v) is 6.49. The summed E-state index contributed by atoms with van der Waals surface area (Å²) in [5, 5.41) is 8.20. The molecule has 0 fully saturated rings. The maximum Gasteiger partial charge on any atom is 0.304 e. The molecule has 0 radical (unpaired) electrons. The molecule has 0 unspecified atom stereocenters. The van der Waals surface area contributed by atoms with E-state index in [1.54, 1.807) is 6.08 Å². The average Bonchev–Trinajstić information content (AvgIpc) is 1.87. The summed E-state index contributed by atoms with van der Waals surface area (Å²) in [6, 6.07) is 0.